The molecule has 84 valence electrons. The van der Waals surface area contributed by atoms with Crippen molar-refractivity contribution in [1.29, 1.82) is 0 Å². The van der Waals surface area contributed by atoms with Gasteiger partial charge in [0.05, 0.1) is 6.54 Å². The first-order chi connectivity index (χ1) is 7.77. The number of ether oxygens (including phenoxy) is 1. The van der Waals surface area contributed by atoms with Gasteiger partial charge in [0.1, 0.15) is 17.7 Å². The molecule has 0 spiro atoms. The Balaban J connectivity index is 2.26. The van der Waals surface area contributed by atoms with Gasteiger partial charge in [-0.15, -0.1) is 0 Å². The summed E-state index contributed by atoms with van der Waals surface area (Å²) in [6.45, 7) is 5.82. The fraction of sp³-hybridized carbons (Fsp3) is 0.417. The molecule has 0 saturated heterocycles. The third kappa shape index (κ3) is 1.26. The largest absolute Gasteiger partial charge is 0.491 e. The Kier molecular flexibility index (Phi) is 2.02. The molecular weight excluding hydrogens is 204 g/mol. The number of aromatic nitrogens is 1. The molecule has 1 aromatic heterocycles. The van der Waals surface area contributed by atoms with Crippen molar-refractivity contribution in [2.75, 3.05) is 18.1 Å². The van der Waals surface area contributed by atoms with Crippen molar-refractivity contribution in [2.24, 2.45) is 0 Å². The fourth-order valence-corrected chi connectivity index (χ4v) is 2.12. The standard InChI is InChI=1S/C12H14N2O2/c1-8(2)14-6-7-15-9-4-3-5-10-11(9)12(14)13-16-10/h3-5,8H,6-7H2,1-2H3. The van der Waals surface area contributed by atoms with Crippen LogP contribution in [0.15, 0.2) is 22.7 Å². The molecule has 4 nitrogen and oxygen atoms in total. The van der Waals surface area contributed by atoms with E-state index in [0.717, 1.165) is 29.1 Å². The van der Waals surface area contributed by atoms with E-state index in [2.05, 4.69) is 23.9 Å². The van der Waals surface area contributed by atoms with Crippen LogP contribution in [0, 0.1) is 0 Å². The second-order valence-electron chi connectivity index (χ2n) is 4.27. The first-order valence-electron chi connectivity index (χ1n) is 5.55. The molecule has 4 heteroatoms. The van der Waals surface area contributed by atoms with E-state index in [0.29, 0.717) is 12.6 Å². The van der Waals surface area contributed by atoms with Gasteiger partial charge in [-0.1, -0.05) is 11.2 Å². The van der Waals surface area contributed by atoms with E-state index >= 15 is 0 Å². The van der Waals surface area contributed by atoms with E-state index in [4.69, 9.17) is 9.26 Å². The molecule has 0 fully saturated rings. The van der Waals surface area contributed by atoms with Gasteiger partial charge < -0.3 is 14.2 Å². The molecule has 0 saturated carbocycles. The lowest BCUT2D eigenvalue weighted by Gasteiger charge is -2.24. The minimum absolute atomic E-state index is 0.392. The van der Waals surface area contributed by atoms with E-state index in [1.165, 1.54) is 0 Å². The number of hydrogen-bond acceptors (Lipinski definition) is 4. The molecule has 0 N–H and O–H groups in total. The summed E-state index contributed by atoms with van der Waals surface area (Å²) in [7, 11) is 0. The Bertz CT molecular complexity index is 519. The molecule has 0 unspecified atom stereocenters. The van der Waals surface area contributed by atoms with Gasteiger partial charge in [0, 0.05) is 6.04 Å². The van der Waals surface area contributed by atoms with Crippen LogP contribution in [0.1, 0.15) is 13.8 Å². The van der Waals surface area contributed by atoms with Crippen LogP contribution >= 0.6 is 0 Å². The Morgan fingerprint density at radius 3 is 3.06 bits per heavy atom. The Hall–Kier alpha value is -1.71. The van der Waals surface area contributed by atoms with Crippen LogP contribution in [0.2, 0.25) is 0 Å². The molecule has 1 aliphatic heterocycles. The van der Waals surface area contributed by atoms with Gasteiger partial charge >= 0.3 is 0 Å². The lowest BCUT2D eigenvalue weighted by molar-refractivity contribution is 0.326. The van der Waals surface area contributed by atoms with E-state index in [-0.39, 0.29) is 0 Å². The maximum absolute atomic E-state index is 5.72. The van der Waals surface area contributed by atoms with Crippen molar-refractivity contribution >= 4 is 16.8 Å². The zero-order valence-electron chi connectivity index (χ0n) is 9.43. The number of nitrogens with zero attached hydrogens (tertiary/aromatic N) is 2. The molecule has 0 bridgehead atoms. The highest BCUT2D eigenvalue weighted by Gasteiger charge is 2.23. The number of benzene rings is 1. The van der Waals surface area contributed by atoms with Crippen LogP contribution in [-0.4, -0.2) is 24.4 Å². The quantitative estimate of drug-likeness (QED) is 0.736. The van der Waals surface area contributed by atoms with Gasteiger partial charge in [0.15, 0.2) is 11.4 Å². The van der Waals surface area contributed by atoms with Gasteiger partial charge in [-0.3, -0.25) is 0 Å². The van der Waals surface area contributed by atoms with Crippen molar-refractivity contribution in [1.82, 2.24) is 5.16 Å². The summed E-state index contributed by atoms with van der Waals surface area (Å²) in [6.07, 6.45) is 0. The maximum Gasteiger partial charge on any atom is 0.184 e. The molecule has 0 amide bonds. The van der Waals surface area contributed by atoms with Crippen LogP contribution in [0.5, 0.6) is 5.75 Å². The topological polar surface area (TPSA) is 38.5 Å². The molecule has 0 atom stereocenters. The van der Waals surface area contributed by atoms with Gasteiger partial charge in [0.2, 0.25) is 0 Å². The van der Waals surface area contributed by atoms with Crippen molar-refractivity contribution < 1.29 is 9.26 Å². The van der Waals surface area contributed by atoms with Crippen LogP contribution in [-0.2, 0) is 0 Å². The Morgan fingerprint density at radius 1 is 1.38 bits per heavy atom. The smallest absolute Gasteiger partial charge is 0.184 e. The Morgan fingerprint density at radius 2 is 2.25 bits per heavy atom. The summed E-state index contributed by atoms with van der Waals surface area (Å²) >= 11 is 0. The van der Waals surface area contributed by atoms with Crippen LogP contribution in [0.3, 0.4) is 0 Å². The summed E-state index contributed by atoms with van der Waals surface area (Å²) < 4.78 is 11.0. The molecule has 1 aromatic carbocycles. The number of hydrogen-bond donors (Lipinski definition) is 0. The fourth-order valence-electron chi connectivity index (χ4n) is 2.12. The molecule has 3 rings (SSSR count). The molecule has 0 radical (unpaired) electrons. The third-order valence-corrected chi connectivity index (χ3v) is 2.93. The normalized spacial score (nSPS) is 15.3. The third-order valence-electron chi connectivity index (χ3n) is 2.93. The summed E-state index contributed by atoms with van der Waals surface area (Å²) in [5, 5.41) is 5.15. The molecule has 2 heterocycles. The minimum Gasteiger partial charge on any atom is -0.491 e. The Labute approximate surface area is 93.8 Å². The SMILES string of the molecule is CC(C)N1CCOc2cccc3onc1c23. The predicted molar refractivity (Wildman–Crippen MR) is 62.0 cm³/mol. The average molecular weight is 218 g/mol. The lowest BCUT2D eigenvalue weighted by Crippen LogP contribution is -2.33. The molecule has 2 aromatic rings. The van der Waals surface area contributed by atoms with Crippen molar-refractivity contribution in [2.45, 2.75) is 19.9 Å². The monoisotopic (exact) mass is 218 g/mol. The van der Waals surface area contributed by atoms with Crippen LogP contribution < -0.4 is 9.64 Å². The van der Waals surface area contributed by atoms with Gasteiger partial charge in [-0.05, 0) is 26.0 Å². The van der Waals surface area contributed by atoms with Gasteiger partial charge in [-0.2, -0.15) is 0 Å². The second kappa shape index (κ2) is 3.40. The van der Waals surface area contributed by atoms with E-state index in [1.807, 2.05) is 18.2 Å². The van der Waals surface area contributed by atoms with Gasteiger partial charge in [0.25, 0.3) is 0 Å². The van der Waals surface area contributed by atoms with E-state index in [9.17, 15) is 0 Å². The number of rotatable bonds is 1. The zero-order valence-corrected chi connectivity index (χ0v) is 9.43. The molecule has 16 heavy (non-hydrogen) atoms. The van der Waals surface area contributed by atoms with Crippen molar-refractivity contribution in [3.8, 4) is 5.75 Å². The molecule has 1 aliphatic rings. The summed E-state index contributed by atoms with van der Waals surface area (Å²) in [6, 6.07) is 6.20. The minimum atomic E-state index is 0.392. The van der Waals surface area contributed by atoms with Crippen molar-refractivity contribution in [3.05, 3.63) is 18.2 Å². The van der Waals surface area contributed by atoms with E-state index < -0.39 is 0 Å². The highest BCUT2D eigenvalue weighted by atomic mass is 16.5. The highest BCUT2D eigenvalue weighted by molar-refractivity contribution is 5.94. The summed E-state index contributed by atoms with van der Waals surface area (Å²) in [5.41, 5.74) is 0.792. The van der Waals surface area contributed by atoms with Crippen LogP contribution in [0.4, 0.5) is 5.82 Å². The van der Waals surface area contributed by atoms with Crippen molar-refractivity contribution in [3.63, 3.8) is 0 Å². The summed E-state index contributed by atoms with van der Waals surface area (Å²) in [5.74, 6) is 1.77. The highest BCUT2D eigenvalue weighted by Crippen LogP contribution is 2.36. The van der Waals surface area contributed by atoms with E-state index in [1.54, 1.807) is 0 Å². The molecule has 0 aliphatic carbocycles. The first-order valence-corrected chi connectivity index (χ1v) is 5.55. The average Bonchev–Trinajstić information content (AvgIpc) is 2.57. The summed E-state index contributed by atoms with van der Waals surface area (Å²) in [4.78, 5) is 2.21. The first kappa shape index (κ1) is 9.51. The zero-order chi connectivity index (χ0) is 11.1. The molecular formula is C12H14N2O2. The van der Waals surface area contributed by atoms with Gasteiger partial charge in [-0.25, -0.2) is 0 Å². The number of anilines is 1. The predicted octanol–water partition coefficient (Wildman–Crippen LogP) is 2.44. The maximum atomic E-state index is 5.72. The lowest BCUT2D eigenvalue weighted by atomic mass is 10.2. The second-order valence-corrected chi connectivity index (χ2v) is 4.27. The van der Waals surface area contributed by atoms with Crippen LogP contribution in [0.25, 0.3) is 11.0 Å².